The molecule has 0 aromatic heterocycles. The number of sulfonamides is 1. The highest BCUT2D eigenvalue weighted by Crippen LogP contribution is 2.12. The van der Waals surface area contributed by atoms with Crippen LogP contribution in [0.5, 0.6) is 0 Å². The molecule has 0 bridgehead atoms. The molecular weight excluding hydrogens is 252 g/mol. The van der Waals surface area contributed by atoms with Crippen molar-refractivity contribution in [1.82, 2.24) is 0 Å². The third-order valence-corrected chi connectivity index (χ3v) is 3.79. The van der Waals surface area contributed by atoms with E-state index in [-0.39, 0.29) is 5.75 Å². The van der Waals surface area contributed by atoms with Gasteiger partial charge in [0.1, 0.15) is 0 Å². The molecule has 5 nitrogen and oxygen atoms in total. The van der Waals surface area contributed by atoms with E-state index in [1.165, 1.54) is 0 Å². The zero-order valence-corrected chi connectivity index (χ0v) is 11.4. The van der Waals surface area contributed by atoms with Crippen molar-refractivity contribution in [1.29, 1.82) is 0 Å². The fraction of sp³-hybridized carbons (Fsp3) is 0.500. The Kier molecular flexibility index (Phi) is 6.11. The lowest BCUT2D eigenvalue weighted by Crippen LogP contribution is -2.17. The summed E-state index contributed by atoms with van der Waals surface area (Å²) in [6.07, 6.45) is 1.28. The van der Waals surface area contributed by atoms with Gasteiger partial charge in [-0.05, 0) is 37.1 Å². The van der Waals surface area contributed by atoms with Gasteiger partial charge in [0.05, 0.1) is 5.75 Å². The SMILES string of the molecule is COCCCS(=O)(=O)Nc1ccc(CCN)cc1. The third-order valence-electron chi connectivity index (χ3n) is 2.42. The molecule has 0 saturated carbocycles. The summed E-state index contributed by atoms with van der Waals surface area (Å²) in [5.74, 6) is 0.0609. The van der Waals surface area contributed by atoms with E-state index < -0.39 is 10.0 Å². The van der Waals surface area contributed by atoms with Gasteiger partial charge >= 0.3 is 0 Å². The molecule has 0 amide bonds. The number of nitrogens with one attached hydrogen (secondary N) is 1. The van der Waals surface area contributed by atoms with E-state index in [1.807, 2.05) is 12.1 Å². The van der Waals surface area contributed by atoms with Gasteiger partial charge < -0.3 is 10.5 Å². The molecule has 0 aliphatic rings. The average molecular weight is 272 g/mol. The Morgan fingerprint density at radius 1 is 1.28 bits per heavy atom. The molecule has 1 aromatic rings. The monoisotopic (exact) mass is 272 g/mol. The average Bonchev–Trinajstić information content (AvgIpc) is 2.32. The van der Waals surface area contributed by atoms with Crippen LogP contribution in [0, 0.1) is 0 Å². The van der Waals surface area contributed by atoms with Gasteiger partial charge in [-0.2, -0.15) is 0 Å². The van der Waals surface area contributed by atoms with E-state index >= 15 is 0 Å². The number of hydrogen-bond acceptors (Lipinski definition) is 4. The first-order valence-electron chi connectivity index (χ1n) is 5.86. The summed E-state index contributed by atoms with van der Waals surface area (Å²) in [6.45, 7) is 1.03. The quantitative estimate of drug-likeness (QED) is 0.691. The van der Waals surface area contributed by atoms with Gasteiger partial charge in [0, 0.05) is 19.4 Å². The highest BCUT2D eigenvalue weighted by Gasteiger charge is 2.09. The van der Waals surface area contributed by atoms with Gasteiger partial charge in [0.2, 0.25) is 10.0 Å². The van der Waals surface area contributed by atoms with Crippen LogP contribution in [-0.4, -0.2) is 34.4 Å². The number of nitrogens with two attached hydrogens (primary N) is 1. The third kappa shape index (κ3) is 5.48. The maximum Gasteiger partial charge on any atom is 0.232 e. The smallest absolute Gasteiger partial charge is 0.232 e. The molecule has 18 heavy (non-hydrogen) atoms. The van der Waals surface area contributed by atoms with Gasteiger partial charge in [-0.25, -0.2) is 8.42 Å². The molecule has 1 rings (SSSR count). The fourth-order valence-corrected chi connectivity index (χ4v) is 2.63. The Balaban J connectivity index is 2.55. The van der Waals surface area contributed by atoms with Crippen molar-refractivity contribution in [2.45, 2.75) is 12.8 Å². The van der Waals surface area contributed by atoms with Crippen molar-refractivity contribution in [2.75, 3.05) is 30.7 Å². The van der Waals surface area contributed by atoms with E-state index in [2.05, 4.69) is 4.72 Å². The summed E-state index contributed by atoms with van der Waals surface area (Å²) in [6, 6.07) is 7.25. The van der Waals surface area contributed by atoms with E-state index in [0.717, 1.165) is 12.0 Å². The second kappa shape index (κ2) is 7.35. The zero-order valence-electron chi connectivity index (χ0n) is 10.6. The number of ether oxygens (including phenoxy) is 1. The number of hydrogen-bond donors (Lipinski definition) is 2. The molecule has 102 valence electrons. The van der Waals surface area contributed by atoms with Crippen LogP contribution in [0.2, 0.25) is 0 Å². The molecule has 0 aliphatic carbocycles. The van der Waals surface area contributed by atoms with Crippen LogP contribution >= 0.6 is 0 Å². The van der Waals surface area contributed by atoms with Crippen molar-refractivity contribution in [2.24, 2.45) is 5.73 Å². The fourth-order valence-electron chi connectivity index (χ4n) is 1.53. The maximum atomic E-state index is 11.7. The normalized spacial score (nSPS) is 11.4. The Morgan fingerprint density at radius 3 is 2.50 bits per heavy atom. The summed E-state index contributed by atoms with van der Waals surface area (Å²) in [5, 5.41) is 0. The van der Waals surface area contributed by atoms with Gasteiger partial charge in [-0.1, -0.05) is 12.1 Å². The first-order chi connectivity index (χ1) is 8.57. The molecule has 1 aromatic carbocycles. The topological polar surface area (TPSA) is 81.4 Å². The van der Waals surface area contributed by atoms with Crippen LogP contribution in [0.4, 0.5) is 5.69 Å². The van der Waals surface area contributed by atoms with E-state index in [1.54, 1.807) is 19.2 Å². The minimum Gasteiger partial charge on any atom is -0.385 e. The lowest BCUT2D eigenvalue weighted by molar-refractivity contribution is 0.199. The van der Waals surface area contributed by atoms with E-state index in [0.29, 0.717) is 25.3 Å². The first kappa shape index (κ1) is 14.9. The first-order valence-corrected chi connectivity index (χ1v) is 7.51. The Labute approximate surface area is 108 Å². The summed E-state index contributed by atoms with van der Waals surface area (Å²) in [7, 11) is -1.73. The largest absolute Gasteiger partial charge is 0.385 e. The van der Waals surface area contributed by atoms with Crippen molar-refractivity contribution >= 4 is 15.7 Å². The molecule has 0 heterocycles. The molecule has 0 fully saturated rings. The number of anilines is 1. The Hall–Kier alpha value is -1.11. The summed E-state index contributed by atoms with van der Waals surface area (Å²) < 4.78 is 30.8. The van der Waals surface area contributed by atoms with Gasteiger partial charge in [0.15, 0.2) is 0 Å². The standard InChI is InChI=1S/C12H20N2O3S/c1-17-9-2-10-18(15,16)14-12-5-3-11(4-6-12)7-8-13/h3-6,14H,2,7-10,13H2,1H3. The van der Waals surface area contributed by atoms with Crippen molar-refractivity contribution < 1.29 is 13.2 Å². The zero-order chi connectivity index (χ0) is 13.4. The number of rotatable bonds is 8. The lowest BCUT2D eigenvalue weighted by atomic mass is 10.1. The predicted molar refractivity (Wildman–Crippen MR) is 73.1 cm³/mol. The minimum absolute atomic E-state index is 0.0609. The van der Waals surface area contributed by atoms with Crippen molar-refractivity contribution in [3.05, 3.63) is 29.8 Å². The highest BCUT2D eigenvalue weighted by molar-refractivity contribution is 7.92. The molecule has 6 heteroatoms. The van der Waals surface area contributed by atoms with Gasteiger partial charge in [-0.3, -0.25) is 4.72 Å². The number of methoxy groups -OCH3 is 1. The van der Waals surface area contributed by atoms with Crippen LogP contribution in [0.15, 0.2) is 24.3 Å². The molecular formula is C12H20N2O3S. The summed E-state index contributed by atoms with van der Waals surface area (Å²) >= 11 is 0. The Bertz CT molecular complexity index is 443. The number of benzene rings is 1. The van der Waals surface area contributed by atoms with Crippen molar-refractivity contribution in [3.8, 4) is 0 Å². The minimum atomic E-state index is -3.29. The lowest BCUT2D eigenvalue weighted by Gasteiger charge is -2.08. The second-order valence-electron chi connectivity index (χ2n) is 4.00. The second-order valence-corrected chi connectivity index (χ2v) is 5.84. The summed E-state index contributed by atoms with van der Waals surface area (Å²) in [5.41, 5.74) is 7.12. The Morgan fingerprint density at radius 2 is 1.94 bits per heavy atom. The van der Waals surface area contributed by atoms with Crippen LogP contribution in [0.3, 0.4) is 0 Å². The van der Waals surface area contributed by atoms with E-state index in [9.17, 15) is 8.42 Å². The molecule has 0 saturated heterocycles. The van der Waals surface area contributed by atoms with Crippen LogP contribution in [-0.2, 0) is 21.2 Å². The maximum absolute atomic E-state index is 11.7. The summed E-state index contributed by atoms with van der Waals surface area (Å²) in [4.78, 5) is 0. The molecule has 3 N–H and O–H groups in total. The molecule has 0 aliphatic heterocycles. The van der Waals surface area contributed by atoms with Gasteiger partial charge in [0.25, 0.3) is 0 Å². The van der Waals surface area contributed by atoms with Crippen LogP contribution in [0.1, 0.15) is 12.0 Å². The van der Waals surface area contributed by atoms with Crippen LogP contribution < -0.4 is 10.5 Å². The highest BCUT2D eigenvalue weighted by atomic mass is 32.2. The van der Waals surface area contributed by atoms with Crippen molar-refractivity contribution in [3.63, 3.8) is 0 Å². The van der Waals surface area contributed by atoms with E-state index in [4.69, 9.17) is 10.5 Å². The molecule has 0 atom stereocenters. The molecule has 0 spiro atoms. The molecule has 0 radical (unpaired) electrons. The van der Waals surface area contributed by atoms with Gasteiger partial charge in [-0.15, -0.1) is 0 Å². The predicted octanol–water partition coefficient (Wildman–Crippen LogP) is 0.966. The molecule has 0 unspecified atom stereocenters. The van der Waals surface area contributed by atoms with Crippen LogP contribution in [0.25, 0.3) is 0 Å².